The summed E-state index contributed by atoms with van der Waals surface area (Å²) in [6, 6.07) is 4.03. The summed E-state index contributed by atoms with van der Waals surface area (Å²) in [5.41, 5.74) is 1.36. The van der Waals surface area contributed by atoms with E-state index in [9.17, 15) is 4.79 Å². The third-order valence-corrected chi connectivity index (χ3v) is 2.64. The second kappa shape index (κ2) is 4.52. The van der Waals surface area contributed by atoms with Gasteiger partial charge in [-0.15, -0.1) is 0 Å². The third-order valence-electron chi connectivity index (χ3n) is 2.64. The molecule has 0 saturated carbocycles. The van der Waals surface area contributed by atoms with Gasteiger partial charge >= 0.3 is 5.97 Å². The van der Waals surface area contributed by atoms with Gasteiger partial charge in [-0.2, -0.15) is 0 Å². The number of hydrogen-bond acceptors (Lipinski definition) is 4. The summed E-state index contributed by atoms with van der Waals surface area (Å²) in [5, 5.41) is 27.1. The van der Waals surface area contributed by atoms with E-state index < -0.39 is 12.0 Å². The SMILES string of the molecule is O=C(O)c1ccc2ncn(C(CO)CO)c2c1. The number of carboxylic acids is 1. The summed E-state index contributed by atoms with van der Waals surface area (Å²) >= 11 is 0. The Morgan fingerprint density at radius 1 is 1.35 bits per heavy atom. The van der Waals surface area contributed by atoms with Crippen LogP contribution in [-0.2, 0) is 0 Å². The molecule has 0 amide bonds. The first kappa shape index (κ1) is 11.6. The number of nitrogens with zero attached hydrogens (tertiary/aromatic N) is 2. The van der Waals surface area contributed by atoms with Crippen LogP contribution in [0.5, 0.6) is 0 Å². The van der Waals surface area contributed by atoms with E-state index in [4.69, 9.17) is 15.3 Å². The lowest BCUT2D eigenvalue weighted by atomic mass is 10.2. The molecule has 2 rings (SSSR count). The van der Waals surface area contributed by atoms with Gasteiger partial charge in [-0.25, -0.2) is 9.78 Å². The molecule has 0 aliphatic carbocycles. The van der Waals surface area contributed by atoms with E-state index in [0.29, 0.717) is 11.0 Å². The second-order valence-corrected chi connectivity index (χ2v) is 3.68. The fourth-order valence-corrected chi connectivity index (χ4v) is 1.68. The van der Waals surface area contributed by atoms with Gasteiger partial charge in [0.2, 0.25) is 0 Å². The van der Waals surface area contributed by atoms with Gasteiger partial charge in [0.15, 0.2) is 0 Å². The Balaban J connectivity index is 2.57. The number of carbonyl (C=O) groups is 1. The van der Waals surface area contributed by atoms with Crippen LogP contribution in [0.1, 0.15) is 16.4 Å². The summed E-state index contributed by atoms with van der Waals surface area (Å²) < 4.78 is 1.57. The van der Waals surface area contributed by atoms with Crippen LogP contribution in [0.3, 0.4) is 0 Å². The molecule has 1 aromatic heterocycles. The van der Waals surface area contributed by atoms with Crippen LogP contribution < -0.4 is 0 Å². The van der Waals surface area contributed by atoms with Crippen molar-refractivity contribution >= 4 is 17.0 Å². The van der Waals surface area contributed by atoms with Crippen LogP contribution in [0.15, 0.2) is 24.5 Å². The molecule has 0 unspecified atom stereocenters. The topological polar surface area (TPSA) is 95.6 Å². The Bertz CT molecular complexity index is 545. The number of aromatic nitrogens is 2. The lowest BCUT2D eigenvalue weighted by Gasteiger charge is -2.13. The van der Waals surface area contributed by atoms with E-state index in [2.05, 4.69) is 4.98 Å². The standard InChI is InChI=1S/C11H12N2O4/c14-4-8(5-15)13-6-12-9-2-1-7(11(16)17)3-10(9)13/h1-3,6,8,14-15H,4-5H2,(H,16,17). The molecule has 0 spiro atoms. The lowest BCUT2D eigenvalue weighted by Crippen LogP contribution is -2.16. The number of aliphatic hydroxyl groups is 2. The maximum absolute atomic E-state index is 10.9. The van der Waals surface area contributed by atoms with Crippen LogP contribution >= 0.6 is 0 Å². The monoisotopic (exact) mass is 236 g/mol. The zero-order chi connectivity index (χ0) is 12.4. The number of carboxylic acid groups (broad SMARTS) is 1. The minimum atomic E-state index is -1.02. The average Bonchev–Trinajstić information content (AvgIpc) is 2.74. The number of rotatable bonds is 4. The van der Waals surface area contributed by atoms with Crippen LogP contribution in [0.2, 0.25) is 0 Å². The van der Waals surface area contributed by atoms with E-state index in [1.54, 1.807) is 10.6 Å². The third kappa shape index (κ3) is 2.00. The quantitative estimate of drug-likeness (QED) is 0.707. The van der Waals surface area contributed by atoms with Crippen molar-refractivity contribution in [1.82, 2.24) is 9.55 Å². The molecule has 6 heteroatoms. The number of imidazole rings is 1. The summed E-state index contributed by atoms with van der Waals surface area (Å²) in [4.78, 5) is 14.9. The van der Waals surface area contributed by atoms with Crippen molar-refractivity contribution in [3.8, 4) is 0 Å². The highest BCUT2D eigenvalue weighted by Crippen LogP contribution is 2.19. The normalized spacial score (nSPS) is 11.2. The molecular formula is C11H12N2O4. The molecule has 2 aromatic rings. The fourth-order valence-electron chi connectivity index (χ4n) is 1.68. The summed E-state index contributed by atoms with van der Waals surface area (Å²) in [7, 11) is 0. The highest BCUT2D eigenvalue weighted by Gasteiger charge is 2.13. The molecule has 0 radical (unpaired) electrons. The zero-order valence-electron chi connectivity index (χ0n) is 8.95. The van der Waals surface area contributed by atoms with Gasteiger partial charge in [-0.05, 0) is 18.2 Å². The predicted molar refractivity (Wildman–Crippen MR) is 59.9 cm³/mol. The Morgan fingerprint density at radius 2 is 2.06 bits per heavy atom. The first-order valence-electron chi connectivity index (χ1n) is 5.09. The summed E-state index contributed by atoms with van der Waals surface area (Å²) in [6.45, 7) is -0.474. The van der Waals surface area contributed by atoms with Crippen molar-refractivity contribution in [2.45, 2.75) is 6.04 Å². The maximum atomic E-state index is 10.9. The molecule has 1 heterocycles. The Labute approximate surface area is 96.8 Å². The first-order chi connectivity index (χ1) is 8.17. The number of fused-ring (bicyclic) bond motifs is 1. The highest BCUT2D eigenvalue weighted by atomic mass is 16.4. The van der Waals surface area contributed by atoms with Gasteiger partial charge < -0.3 is 19.9 Å². The molecule has 6 nitrogen and oxygen atoms in total. The summed E-state index contributed by atoms with van der Waals surface area (Å²) in [5.74, 6) is -1.02. The molecule has 0 aliphatic heterocycles. The second-order valence-electron chi connectivity index (χ2n) is 3.68. The molecule has 1 aromatic carbocycles. The van der Waals surface area contributed by atoms with E-state index in [-0.39, 0.29) is 18.8 Å². The van der Waals surface area contributed by atoms with Gasteiger partial charge in [-0.3, -0.25) is 0 Å². The van der Waals surface area contributed by atoms with E-state index >= 15 is 0 Å². The van der Waals surface area contributed by atoms with Crippen LogP contribution in [0.25, 0.3) is 11.0 Å². The average molecular weight is 236 g/mol. The van der Waals surface area contributed by atoms with E-state index in [0.717, 1.165) is 0 Å². The molecule has 0 bridgehead atoms. The molecule has 0 saturated heterocycles. The molecule has 17 heavy (non-hydrogen) atoms. The molecule has 3 N–H and O–H groups in total. The Kier molecular flexibility index (Phi) is 3.08. The zero-order valence-corrected chi connectivity index (χ0v) is 8.95. The molecule has 90 valence electrons. The minimum Gasteiger partial charge on any atom is -0.478 e. The van der Waals surface area contributed by atoms with Gasteiger partial charge in [-0.1, -0.05) is 0 Å². The smallest absolute Gasteiger partial charge is 0.335 e. The van der Waals surface area contributed by atoms with Crippen molar-refractivity contribution in [3.63, 3.8) is 0 Å². The molecule has 0 atom stereocenters. The van der Waals surface area contributed by atoms with Gasteiger partial charge in [0.1, 0.15) is 0 Å². The van der Waals surface area contributed by atoms with E-state index in [1.165, 1.54) is 18.5 Å². The van der Waals surface area contributed by atoms with Crippen molar-refractivity contribution in [3.05, 3.63) is 30.1 Å². The molecular weight excluding hydrogens is 224 g/mol. The maximum Gasteiger partial charge on any atom is 0.335 e. The van der Waals surface area contributed by atoms with Crippen molar-refractivity contribution < 1.29 is 20.1 Å². The van der Waals surface area contributed by atoms with E-state index in [1.807, 2.05) is 0 Å². The lowest BCUT2D eigenvalue weighted by molar-refractivity contribution is 0.0697. The van der Waals surface area contributed by atoms with Crippen LogP contribution in [0.4, 0.5) is 0 Å². The number of aliphatic hydroxyl groups excluding tert-OH is 2. The Hall–Kier alpha value is -1.92. The molecule has 0 aliphatic rings. The number of benzene rings is 1. The van der Waals surface area contributed by atoms with Crippen molar-refractivity contribution in [2.75, 3.05) is 13.2 Å². The molecule has 0 fully saturated rings. The van der Waals surface area contributed by atoms with Crippen LogP contribution in [0, 0.1) is 0 Å². The Morgan fingerprint density at radius 3 is 2.65 bits per heavy atom. The van der Waals surface area contributed by atoms with Crippen molar-refractivity contribution in [1.29, 1.82) is 0 Å². The summed E-state index contributed by atoms with van der Waals surface area (Å²) in [6.07, 6.45) is 1.48. The number of aromatic carboxylic acids is 1. The van der Waals surface area contributed by atoms with Gasteiger partial charge in [0.25, 0.3) is 0 Å². The largest absolute Gasteiger partial charge is 0.478 e. The first-order valence-corrected chi connectivity index (χ1v) is 5.09. The number of hydrogen-bond donors (Lipinski definition) is 3. The highest BCUT2D eigenvalue weighted by molar-refractivity contribution is 5.92. The fraction of sp³-hybridized carbons (Fsp3) is 0.273. The van der Waals surface area contributed by atoms with Crippen molar-refractivity contribution in [2.24, 2.45) is 0 Å². The van der Waals surface area contributed by atoms with Crippen LogP contribution in [-0.4, -0.2) is 44.1 Å². The predicted octanol–water partition coefficient (Wildman–Crippen LogP) is 0.260. The van der Waals surface area contributed by atoms with Gasteiger partial charge in [0, 0.05) is 0 Å². The minimum absolute atomic E-state index is 0.147. The van der Waals surface area contributed by atoms with Gasteiger partial charge in [0.05, 0.1) is 42.2 Å².